The molecule has 0 heterocycles. The van der Waals surface area contributed by atoms with Crippen LogP contribution < -0.4 is 0 Å². The number of rotatable bonds is 1. The summed E-state index contributed by atoms with van der Waals surface area (Å²) in [5.41, 5.74) is 0. The smallest absolute Gasteiger partial charge is 0.160 e. The molecule has 5 rings (SSSR count). The molecule has 0 aromatic heterocycles. The fraction of sp³-hybridized carbons (Fsp3) is 0.917. The molecule has 5 fully saturated rings. The Bertz CT molecular complexity index is 566. The zero-order valence-corrected chi connectivity index (χ0v) is 13.9. The van der Waals surface area contributed by atoms with Gasteiger partial charge in [0.25, 0.3) is 0 Å². The van der Waals surface area contributed by atoms with Crippen LogP contribution >= 0.6 is 69.6 Å². The average molecular weight is 381 g/mol. The standard InChI is InChI=1S/C12H8Cl6O/c13-8-5-3(2-19)1-4-6(5)9(14,12(8,17)18)11(16)7(4)10(8,11)15/h2-7H,1H2/t3-,4+,5-,6+,7+,8+,9+,10+,11-/m1/s1. The molecule has 0 amide bonds. The molecule has 5 aliphatic rings. The SMILES string of the molecule is O=C[C@H]1C[C@H]2[C@H]3[C@@H]1[C@@]1(Cl)C(Cl)(Cl)[C@@]3(Cl)[C@]3(Cl)[C@@H]2[C@@]31Cl. The Hall–Kier alpha value is 1.41. The van der Waals surface area contributed by atoms with Gasteiger partial charge in [-0.2, -0.15) is 0 Å². The highest BCUT2D eigenvalue weighted by molar-refractivity contribution is 6.66. The highest BCUT2D eigenvalue weighted by Crippen LogP contribution is 3.01. The van der Waals surface area contributed by atoms with Crippen molar-refractivity contribution in [1.29, 1.82) is 0 Å². The fourth-order valence-electron chi connectivity index (χ4n) is 6.34. The number of carbonyl (C=O) groups excluding carboxylic acids is 1. The number of carbonyl (C=O) groups is 1. The summed E-state index contributed by atoms with van der Waals surface area (Å²) in [7, 11) is 0. The first-order chi connectivity index (χ1) is 8.67. The summed E-state index contributed by atoms with van der Waals surface area (Å²) < 4.78 is -1.41. The van der Waals surface area contributed by atoms with Crippen molar-refractivity contribution in [1.82, 2.24) is 0 Å². The zero-order valence-electron chi connectivity index (χ0n) is 9.35. The molecule has 0 unspecified atom stereocenters. The Morgan fingerprint density at radius 1 is 0.842 bits per heavy atom. The molecule has 1 nitrogen and oxygen atoms in total. The maximum atomic E-state index is 11.4. The van der Waals surface area contributed by atoms with Crippen LogP contribution in [0.3, 0.4) is 0 Å². The maximum absolute atomic E-state index is 11.4. The molecule has 0 spiro atoms. The van der Waals surface area contributed by atoms with E-state index in [2.05, 4.69) is 0 Å². The van der Waals surface area contributed by atoms with E-state index in [4.69, 9.17) is 69.6 Å². The molecule has 0 N–H and O–H groups in total. The van der Waals surface area contributed by atoms with Gasteiger partial charge in [0.05, 0.1) is 9.75 Å². The van der Waals surface area contributed by atoms with Crippen molar-refractivity contribution in [2.45, 2.75) is 30.3 Å². The van der Waals surface area contributed by atoms with Crippen LogP contribution in [0.2, 0.25) is 0 Å². The van der Waals surface area contributed by atoms with E-state index in [9.17, 15) is 4.79 Å². The largest absolute Gasteiger partial charge is 0.303 e. The van der Waals surface area contributed by atoms with Crippen molar-refractivity contribution in [2.75, 3.05) is 0 Å². The Morgan fingerprint density at radius 3 is 1.84 bits per heavy atom. The number of alkyl halides is 6. The summed E-state index contributed by atoms with van der Waals surface area (Å²) in [5, 5.41) is 0. The van der Waals surface area contributed by atoms with Crippen molar-refractivity contribution in [3.05, 3.63) is 0 Å². The molecule has 19 heavy (non-hydrogen) atoms. The van der Waals surface area contributed by atoms with Crippen molar-refractivity contribution in [3.63, 3.8) is 0 Å². The lowest BCUT2D eigenvalue weighted by atomic mass is 9.73. The van der Waals surface area contributed by atoms with Crippen molar-refractivity contribution in [3.8, 4) is 0 Å². The summed E-state index contributed by atoms with van der Waals surface area (Å²) in [6.07, 6.45) is 1.70. The van der Waals surface area contributed by atoms with Gasteiger partial charge < -0.3 is 4.79 Å². The fourth-order valence-corrected chi connectivity index (χ4v) is 10.9. The van der Waals surface area contributed by atoms with Gasteiger partial charge in [0.15, 0.2) is 4.33 Å². The van der Waals surface area contributed by atoms with Crippen LogP contribution in [0.4, 0.5) is 0 Å². The van der Waals surface area contributed by atoms with Gasteiger partial charge in [-0.05, 0) is 24.2 Å². The zero-order chi connectivity index (χ0) is 13.8. The molecule has 0 saturated heterocycles. The Kier molecular flexibility index (Phi) is 1.91. The maximum Gasteiger partial charge on any atom is 0.160 e. The minimum absolute atomic E-state index is 0.00941. The second-order valence-corrected chi connectivity index (χ2v) is 10.4. The molecule has 0 aromatic carbocycles. The van der Waals surface area contributed by atoms with Crippen molar-refractivity contribution < 1.29 is 4.79 Å². The lowest BCUT2D eigenvalue weighted by Gasteiger charge is -2.42. The Labute approximate surface area is 140 Å². The van der Waals surface area contributed by atoms with E-state index in [0.717, 1.165) is 12.7 Å². The van der Waals surface area contributed by atoms with Crippen LogP contribution in [0.15, 0.2) is 0 Å². The van der Waals surface area contributed by atoms with E-state index in [0.29, 0.717) is 0 Å². The first kappa shape index (κ1) is 12.9. The second kappa shape index (κ2) is 2.81. The summed E-state index contributed by atoms with van der Waals surface area (Å²) in [6, 6.07) is 0. The normalized spacial score (nSPS) is 76.6. The number of aldehydes is 1. The van der Waals surface area contributed by atoms with Crippen LogP contribution in [0.25, 0.3) is 0 Å². The number of hydrogen-bond acceptors (Lipinski definition) is 1. The highest BCUT2D eigenvalue weighted by atomic mass is 35.5. The molecule has 2 bridgehead atoms. The molecule has 5 aliphatic carbocycles. The number of fused-ring (bicyclic) bond motifs is 5. The van der Waals surface area contributed by atoms with E-state index < -0.39 is 23.8 Å². The molecule has 0 radical (unpaired) electrons. The second-order valence-electron chi connectivity index (χ2n) is 6.65. The predicted molar refractivity (Wildman–Crippen MR) is 76.9 cm³/mol. The molecule has 5 saturated carbocycles. The summed E-state index contributed by atoms with van der Waals surface area (Å²) >= 11 is 40.4. The molecule has 9 atom stereocenters. The first-order valence-electron chi connectivity index (χ1n) is 6.26. The molecular weight excluding hydrogens is 373 g/mol. The molecule has 104 valence electrons. The average Bonchev–Trinajstić information content (AvgIpc) is 2.59. The van der Waals surface area contributed by atoms with Gasteiger partial charge in [0, 0.05) is 11.8 Å². The van der Waals surface area contributed by atoms with E-state index in [1.54, 1.807) is 0 Å². The van der Waals surface area contributed by atoms with Gasteiger partial charge in [-0.3, -0.25) is 0 Å². The minimum Gasteiger partial charge on any atom is -0.303 e. The lowest BCUT2D eigenvalue weighted by Crippen LogP contribution is -2.53. The monoisotopic (exact) mass is 378 g/mol. The third-order valence-electron chi connectivity index (χ3n) is 6.65. The van der Waals surface area contributed by atoms with Gasteiger partial charge in [-0.15, -0.1) is 46.4 Å². The van der Waals surface area contributed by atoms with Gasteiger partial charge in [0.1, 0.15) is 16.0 Å². The van der Waals surface area contributed by atoms with Crippen LogP contribution in [0.1, 0.15) is 6.42 Å². The van der Waals surface area contributed by atoms with Crippen LogP contribution in [0, 0.1) is 29.6 Å². The van der Waals surface area contributed by atoms with Crippen LogP contribution in [-0.2, 0) is 4.79 Å². The third kappa shape index (κ3) is 0.720. The van der Waals surface area contributed by atoms with E-state index in [-0.39, 0.29) is 29.6 Å². The summed E-state index contributed by atoms with van der Waals surface area (Å²) in [4.78, 5) is 7.49. The van der Waals surface area contributed by atoms with Crippen molar-refractivity contribution in [2.24, 2.45) is 29.6 Å². The Morgan fingerprint density at radius 2 is 1.37 bits per heavy atom. The van der Waals surface area contributed by atoms with E-state index in [1.165, 1.54) is 0 Å². The minimum atomic E-state index is -1.41. The van der Waals surface area contributed by atoms with Gasteiger partial charge in [-0.1, -0.05) is 23.2 Å². The topological polar surface area (TPSA) is 17.1 Å². The van der Waals surface area contributed by atoms with E-state index >= 15 is 0 Å². The van der Waals surface area contributed by atoms with Crippen molar-refractivity contribution >= 4 is 75.9 Å². The lowest BCUT2D eigenvalue weighted by molar-refractivity contribution is -0.112. The van der Waals surface area contributed by atoms with Gasteiger partial charge >= 0.3 is 0 Å². The highest BCUT2D eigenvalue weighted by Gasteiger charge is 3.12. The summed E-state index contributed by atoms with van der Waals surface area (Å²) in [6.45, 7) is 0. The number of hydrogen-bond donors (Lipinski definition) is 0. The molecular formula is C12H8Cl6O. The Balaban J connectivity index is 1.89. The molecule has 0 aliphatic heterocycles. The van der Waals surface area contributed by atoms with E-state index in [1.807, 2.05) is 0 Å². The third-order valence-corrected chi connectivity index (χ3v) is 11.9. The molecule has 7 heteroatoms. The van der Waals surface area contributed by atoms with Gasteiger partial charge in [0.2, 0.25) is 0 Å². The number of halogens is 6. The predicted octanol–water partition coefficient (Wildman–Crippen LogP) is 3.81. The van der Waals surface area contributed by atoms with Gasteiger partial charge in [-0.25, -0.2) is 0 Å². The quantitative estimate of drug-likeness (QED) is 0.499. The molecule has 0 aromatic rings. The van der Waals surface area contributed by atoms with Crippen LogP contribution in [0.5, 0.6) is 0 Å². The first-order valence-corrected chi connectivity index (χ1v) is 8.53. The van der Waals surface area contributed by atoms with Crippen LogP contribution in [-0.4, -0.2) is 30.1 Å². The summed E-state index contributed by atoms with van der Waals surface area (Å²) in [5.74, 6) is -0.143.